The molecular formula is C30H39ClN6O4Si. The summed E-state index contributed by atoms with van der Waals surface area (Å²) < 4.78 is 13.0. The van der Waals surface area contributed by atoms with Crippen LogP contribution in [0.4, 0.5) is 16.2 Å². The number of anilines is 2. The molecule has 4 rings (SSSR count). The molecule has 2 atom stereocenters. The van der Waals surface area contributed by atoms with Gasteiger partial charge in [-0.15, -0.1) is 10.2 Å². The third-order valence-electron chi connectivity index (χ3n) is 8.31. The van der Waals surface area contributed by atoms with E-state index in [1.807, 2.05) is 44.2 Å². The zero-order valence-corrected chi connectivity index (χ0v) is 27.0. The molecule has 1 fully saturated rings. The van der Waals surface area contributed by atoms with Gasteiger partial charge in [0.1, 0.15) is 12.1 Å². The zero-order chi connectivity index (χ0) is 30.8. The van der Waals surface area contributed by atoms with Crippen molar-refractivity contribution in [2.75, 3.05) is 36.4 Å². The Hall–Kier alpha value is -3.59. The minimum Gasteiger partial charge on any atom is -0.465 e. The quantitative estimate of drug-likeness (QED) is 0.261. The summed E-state index contributed by atoms with van der Waals surface area (Å²) in [5.74, 6) is 0.762. The van der Waals surface area contributed by atoms with Crippen molar-refractivity contribution in [2.45, 2.75) is 64.9 Å². The van der Waals surface area contributed by atoms with E-state index in [1.54, 1.807) is 6.07 Å². The molecule has 0 saturated carbocycles. The first-order valence-electron chi connectivity index (χ1n) is 14.0. The number of nitrogens with zero attached hydrogens (tertiary/aromatic N) is 5. The van der Waals surface area contributed by atoms with Crippen molar-refractivity contribution >= 4 is 37.4 Å². The summed E-state index contributed by atoms with van der Waals surface area (Å²) in [7, 11) is -2.15. The molecule has 1 aromatic heterocycles. The van der Waals surface area contributed by atoms with Crippen LogP contribution in [0.5, 0.6) is 0 Å². The fraction of sp³-hybridized carbons (Fsp3) is 0.467. The van der Waals surface area contributed by atoms with E-state index in [0.717, 1.165) is 22.5 Å². The molecule has 2 aromatic carbocycles. The average molecular weight is 611 g/mol. The maximum atomic E-state index is 11.2. The predicted octanol–water partition coefficient (Wildman–Crippen LogP) is 6.93. The van der Waals surface area contributed by atoms with Gasteiger partial charge in [-0.2, -0.15) is 5.26 Å². The molecule has 0 radical (unpaired) electrons. The number of amides is 1. The Morgan fingerprint density at radius 2 is 1.79 bits per heavy atom. The minimum atomic E-state index is -2.15. The molecule has 0 spiro atoms. The number of nitrogens with one attached hydrogen (secondary N) is 1. The fourth-order valence-corrected chi connectivity index (χ4v) is 6.26. The van der Waals surface area contributed by atoms with Crippen LogP contribution in [0.3, 0.4) is 0 Å². The molecule has 3 aromatic rings. The molecule has 1 saturated heterocycles. The van der Waals surface area contributed by atoms with Gasteiger partial charge in [0, 0.05) is 43.1 Å². The molecule has 2 heterocycles. The maximum absolute atomic E-state index is 11.2. The van der Waals surface area contributed by atoms with E-state index >= 15 is 0 Å². The summed E-state index contributed by atoms with van der Waals surface area (Å²) in [5.41, 5.74) is 3.69. The number of aromatic nitrogens is 2. The van der Waals surface area contributed by atoms with Gasteiger partial charge in [0.2, 0.25) is 11.8 Å². The van der Waals surface area contributed by atoms with Gasteiger partial charge in [0.05, 0.1) is 16.7 Å². The lowest BCUT2D eigenvalue weighted by Crippen LogP contribution is -2.48. The number of nitriles is 1. The van der Waals surface area contributed by atoms with E-state index < -0.39 is 20.5 Å². The van der Waals surface area contributed by atoms with Crippen LogP contribution in [0.1, 0.15) is 50.8 Å². The van der Waals surface area contributed by atoms with Crippen LogP contribution < -0.4 is 10.2 Å². The molecule has 1 amide bonds. The largest absolute Gasteiger partial charge is 0.465 e. The summed E-state index contributed by atoms with van der Waals surface area (Å²) in [4.78, 5) is 14.8. The topological polar surface area (TPSA) is 128 Å². The number of rotatable bonds is 8. The Labute approximate surface area is 253 Å². The summed E-state index contributed by atoms with van der Waals surface area (Å²) in [6.45, 7) is 17.1. The van der Waals surface area contributed by atoms with Crippen molar-refractivity contribution in [2.24, 2.45) is 0 Å². The van der Waals surface area contributed by atoms with Gasteiger partial charge in [-0.1, -0.05) is 32.4 Å². The SMILES string of the molecule is Cc1c(N[C@@H](c2nnc(-c3ccc(N4CCN(C(=O)O)CC4)cc3)o2)[C@H](C)O[Si](C)(C)C(C)(C)C)ccc(C#N)c1Cl. The average Bonchev–Trinajstić information content (AvgIpc) is 3.43. The van der Waals surface area contributed by atoms with Crippen LogP contribution >= 0.6 is 11.6 Å². The highest BCUT2D eigenvalue weighted by molar-refractivity contribution is 6.74. The highest BCUT2D eigenvalue weighted by atomic mass is 35.5. The molecule has 12 heteroatoms. The van der Waals surface area contributed by atoms with Crippen LogP contribution in [-0.4, -0.2) is 66.9 Å². The predicted molar refractivity (Wildman–Crippen MR) is 167 cm³/mol. The van der Waals surface area contributed by atoms with E-state index in [-0.39, 0.29) is 11.1 Å². The third-order valence-corrected chi connectivity index (χ3v) is 13.4. The van der Waals surface area contributed by atoms with E-state index in [9.17, 15) is 15.2 Å². The molecule has 1 aliphatic heterocycles. The molecule has 42 heavy (non-hydrogen) atoms. The molecular weight excluding hydrogens is 572 g/mol. The molecule has 0 bridgehead atoms. The lowest BCUT2D eigenvalue weighted by molar-refractivity contribution is 0.142. The van der Waals surface area contributed by atoms with Crippen LogP contribution in [0.25, 0.3) is 11.5 Å². The van der Waals surface area contributed by atoms with Crippen molar-refractivity contribution in [3.05, 3.63) is 58.4 Å². The van der Waals surface area contributed by atoms with Crippen LogP contribution in [0.15, 0.2) is 40.8 Å². The van der Waals surface area contributed by atoms with Gasteiger partial charge in [-0.05, 0) is 73.9 Å². The van der Waals surface area contributed by atoms with Crippen molar-refractivity contribution in [3.8, 4) is 17.5 Å². The Balaban J connectivity index is 1.59. The van der Waals surface area contributed by atoms with Gasteiger partial charge in [0.15, 0.2) is 8.32 Å². The minimum absolute atomic E-state index is 0.00148. The van der Waals surface area contributed by atoms with Gasteiger partial charge in [-0.25, -0.2) is 4.79 Å². The number of piperazine rings is 1. The molecule has 10 nitrogen and oxygen atoms in total. The van der Waals surface area contributed by atoms with Crippen molar-refractivity contribution in [1.29, 1.82) is 5.26 Å². The van der Waals surface area contributed by atoms with Gasteiger partial charge >= 0.3 is 6.09 Å². The number of halogens is 1. The van der Waals surface area contributed by atoms with E-state index in [4.69, 9.17) is 20.4 Å². The number of hydrogen-bond acceptors (Lipinski definition) is 8. The Morgan fingerprint density at radius 1 is 1.14 bits per heavy atom. The second-order valence-corrected chi connectivity index (χ2v) is 17.3. The van der Waals surface area contributed by atoms with Gasteiger partial charge < -0.3 is 29.1 Å². The van der Waals surface area contributed by atoms with Gasteiger partial charge in [0.25, 0.3) is 0 Å². The molecule has 0 aliphatic carbocycles. The summed E-state index contributed by atoms with van der Waals surface area (Å²) in [6, 6.07) is 13.0. The highest BCUT2D eigenvalue weighted by Crippen LogP contribution is 2.40. The van der Waals surface area contributed by atoms with Crippen molar-refractivity contribution in [3.63, 3.8) is 0 Å². The van der Waals surface area contributed by atoms with Gasteiger partial charge in [-0.3, -0.25) is 0 Å². The van der Waals surface area contributed by atoms with Crippen molar-refractivity contribution in [1.82, 2.24) is 15.1 Å². The van der Waals surface area contributed by atoms with E-state index in [1.165, 1.54) is 4.90 Å². The summed E-state index contributed by atoms with van der Waals surface area (Å²) >= 11 is 6.48. The number of carbonyl (C=O) groups is 1. The molecule has 2 N–H and O–H groups in total. The summed E-state index contributed by atoms with van der Waals surface area (Å²) in [6.07, 6.45) is -1.20. The Kier molecular flexibility index (Phi) is 9.20. The smallest absolute Gasteiger partial charge is 0.407 e. The fourth-order valence-electron chi connectivity index (χ4n) is 4.63. The second-order valence-electron chi connectivity index (χ2n) is 12.2. The Morgan fingerprint density at radius 3 is 2.36 bits per heavy atom. The first-order chi connectivity index (χ1) is 19.7. The summed E-state index contributed by atoms with van der Waals surface area (Å²) in [5, 5.41) is 31.3. The first-order valence-corrected chi connectivity index (χ1v) is 17.3. The molecule has 224 valence electrons. The van der Waals surface area contributed by atoms with Crippen LogP contribution in [-0.2, 0) is 4.43 Å². The molecule has 0 unspecified atom stereocenters. The normalized spacial score (nSPS) is 15.7. The third kappa shape index (κ3) is 6.72. The monoisotopic (exact) mass is 610 g/mol. The first kappa shape index (κ1) is 31.3. The number of carboxylic acid groups (broad SMARTS) is 1. The Bertz CT molecular complexity index is 1460. The maximum Gasteiger partial charge on any atom is 0.407 e. The lowest BCUT2D eigenvalue weighted by atomic mass is 10.1. The lowest BCUT2D eigenvalue weighted by Gasteiger charge is -2.40. The number of benzene rings is 2. The standard InChI is InChI=1S/C30H39ClN6O4Si/c1-19-24(13-10-22(18-32)25(19)31)33-26(20(2)41-42(6,7)30(3,4)5)28-35-34-27(40-28)21-8-11-23(12-9-21)36-14-16-37(17-15-36)29(38)39/h8-13,20,26,33H,14-17H2,1-7H3,(H,38,39)/t20-,26+/m0/s1. The van der Waals surface area contributed by atoms with E-state index in [0.29, 0.717) is 48.5 Å². The number of hydrogen-bond donors (Lipinski definition) is 2. The highest BCUT2D eigenvalue weighted by Gasteiger charge is 2.41. The van der Waals surface area contributed by atoms with Crippen molar-refractivity contribution < 1.29 is 18.7 Å². The van der Waals surface area contributed by atoms with Crippen LogP contribution in [0.2, 0.25) is 23.2 Å². The zero-order valence-electron chi connectivity index (χ0n) is 25.2. The van der Waals surface area contributed by atoms with E-state index in [2.05, 4.69) is 60.3 Å². The molecule has 1 aliphatic rings. The van der Waals surface area contributed by atoms with Crippen LogP contribution in [0, 0.1) is 18.3 Å². The second kappa shape index (κ2) is 12.3.